The second-order valence-electron chi connectivity index (χ2n) is 10.1. The van der Waals surface area contributed by atoms with Gasteiger partial charge in [-0.3, -0.25) is 9.59 Å². The maximum absolute atomic E-state index is 11.6. The van der Waals surface area contributed by atoms with Crippen molar-refractivity contribution in [2.24, 2.45) is 11.5 Å². The summed E-state index contributed by atoms with van der Waals surface area (Å²) < 4.78 is 11.4. The molecule has 0 fully saturated rings. The maximum atomic E-state index is 11.6. The Labute approximate surface area is 256 Å². The molecule has 0 saturated carbocycles. The molecule has 0 aliphatic heterocycles. The summed E-state index contributed by atoms with van der Waals surface area (Å²) in [5.41, 5.74) is 14.2. The molecule has 9 heteroatoms. The number of amides is 1. The van der Waals surface area contributed by atoms with Gasteiger partial charge in [-0.1, -0.05) is 69.7 Å². The molecule has 0 aliphatic carbocycles. The van der Waals surface area contributed by atoms with E-state index < -0.39 is 17.9 Å². The number of carbonyl (C=O) groups is 2. The predicted octanol–water partition coefficient (Wildman–Crippen LogP) is 5.33. The number of primary amides is 1. The van der Waals surface area contributed by atoms with Crippen molar-refractivity contribution < 1.29 is 24.2 Å². The summed E-state index contributed by atoms with van der Waals surface area (Å²) in [6.07, 6.45) is 3.44. The van der Waals surface area contributed by atoms with Crippen molar-refractivity contribution in [1.82, 2.24) is 4.90 Å². The summed E-state index contributed by atoms with van der Waals surface area (Å²) in [5, 5.41) is 12.0. The Bertz CT molecular complexity index is 1220. The number of nitrogens with two attached hydrogens (primary N) is 2. The van der Waals surface area contributed by atoms with Crippen LogP contribution in [-0.2, 0) is 17.8 Å². The van der Waals surface area contributed by atoms with Gasteiger partial charge >= 0.3 is 5.97 Å². The number of benzene rings is 3. The van der Waals surface area contributed by atoms with Crippen LogP contribution in [0.2, 0.25) is 0 Å². The van der Waals surface area contributed by atoms with Gasteiger partial charge in [-0.2, -0.15) is 0 Å². The van der Waals surface area contributed by atoms with Crippen molar-refractivity contribution in [3.8, 4) is 11.5 Å². The molecule has 0 aliphatic rings. The molecule has 1 atom stereocenters. The van der Waals surface area contributed by atoms with Crippen LogP contribution < -0.4 is 26.3 Å². The van der Waals surface area contributed by atoms with Crippen LogP contribution >= 0.6 is 0 Å². The van der Waals surface area contributed by atoms with E-state index in [4.69, 9.17) is 26.0 Å². The summed E-state index contributed by atoms with van der Waals surface area (Å²) in [7, 11) is 0. The standard InChI is InChI=1S/C18H31N3O2.C16H17NO3/c1-4-7-11-20-17-10-9-15(14-16(17)18(19)22)23-13-8-12-21(5-2)6-3;17-15(16(18)19)10-12-6-8-14(9-7-12)20-11-13-4-2-1-3-5-13/h9-10,14,20H,4-8,11-13H2,1-3H3,(H2,19,22);1-9,15H,10-11,17H2,(H,18,19)/t;15-/m.1/s1. The van der Waals surface area contributed by atoms with Gasteiger partial charge in [-0.15, -0.1) is 0 Å². The number of nitrogens with zero attached hydrogens (tertiary/aromatic N) is 1. The van der Waals surface area contributed by atoms with Crippen molar-refractivity contribution in [3.63, 3.8) is 0 Å². The first-order chi connectivity index (χ1) is 20.8. The Morgan fingerprint density at radius 1 is 0.884 bits per heavy atom. The first kappa shape index (κ1) is 35.1. The van der Waals surface area contributed by atoms with Crippen LogP contribution in [0.15, 0.2) is 72.8 Å². The Balaban J connectivity index is 0.000000303. The van der Waals surface area contributed by atoms with E-state index in [-0.39, 0.29) is 0 Å². The minimum absolute atomic E-state index is 0.314. The predicted molar refractivity (Wildman–Crippen MR) is 173 cm³/mol. The minimum atomic E-state index is -0.991. The molecule has 9 nitrogen and oxygen atoms in total. The van der Waals surface area contributed by atoms with Crippen molar-refractivity contribution in [2.75, 3.05) is 38.1 Å². The van der Waals surface area contributed by atoms with Crippen LogP contribution in [-0.4, -0.2) is 60.7 Å². The summed E-state index contributed by atoms with van der Waals surface area (Å²) in [6, 6.07) is 21.8. The lowest BCUT2D eigenvalue weighted by Gasteiger charge is -2.18. The van der Waals surface area contributed by atoms with Gasteiger partial charge in [0, 0.05) is 18.8 Å². The molecule has 3 rings (SSSR count). The smallest absolute Gasteiger partial charge is 0.320 e. The lowest BCUT2D eigenvalue weighted by atomic mass is 10.1. The lowest BCUT2D eigenvalue weighted by Crippen LogP contribution is -2.32. The van der Waals surface area contributed by atoms with E-state index in [1.807, 2.05) is 66.7 Å². The molecule has 0 radical (unpaired) electrons. The number of ether oxygens (including phenoxy) is 2. The van der Waals surface area contributed by atoms with Gasteiger partial charge in [0.05, 0.1) is 12.2 Å². The van der Waals surface area contributed by atoms with Crippen molar-refractivity contribution in [2.45, 2.75) is 59.1 Å². The van der Waals surface area contributed by atoms with E-state index in [0.717, 1.165) is 68.0 Å². The lowest BCUT2D eigenvalue weighted by molar-refractivity contribution is -0.138. The minimum Gasteiger partial charge on any atom is -0.494 e. The van der Waals surface area contributed by atoms with Gasteiger partial charge in [0.2, 0.25) is 0 Å². The van der Waals surface area contributed by atoms with E-state index in [1.165, 1.54) is 0 Å². The van der Waals surface area contributed by atoms with E-state index >= 15 is 0 Å². The molecule has 234 valence electrons. The number of hydrogen-bond acceptors (Lipinski definition) is 7. The first-order valence-electron chi connectivity index (χ1n) is 15.0. The zero-order chi connectivity index (χ0) is 31.5. The first-order valence-corrected chi connectivity index (χ1v) is 15.0. The monoisotopic (exact) mass is 592 g/mol. The van der Waals surface area contributed by atoms with Gasteiger partial charge in [0.15, 0.2) is 0 Å². The molecule has 3 aromatic carbocycles. The van der Waals surface area contributed by atoms with Gasteiger partial charge < -0.3 is 36.3 Å². The number of unbranched alkanes of at least 4 members (excludes halogenated alkanes) is 1. The summed E-state index contributed by atoms with van der Waals surface area (Å²) in [5.74, 6) is 0.0212. The third-order valence-electron chi connectivity index (χ3n) is 6.83. The topological polar surface area (TPSA) is 140 Å². The van der Waals surface area contributed by atoms with Crippen molar-refractivity contribution in [3.05, 3.63) is 89.5 Å². The largest absolute Gasteiger partial charge is 0.494 e. The van der Waals surface area contributed by atoms with Gasteiger partial charge in [-0.25, -0.2) is 0 Å². The number of carboxylic acid groups (broad SMARTS) is 1. The Hall–Kier alpha value is -4.08. The zero-order valence-corrected chi connectivity index (χ0v) is 25.8. The third-order valence-corrected chi connectivity index (χ3v) is 6.83. The molecule has 1 amide bonds. The van der Waals surface area contributed by atoms with E-state index in [1.54, 1.807) is 6.07 Å². The van der Waals surface area contributed by atoms with Crippen molar-refractivity contribution in [1.29, 1.82) is 0 Å². The third kappa shape index (κ3) is 13.6. The van der Waals surface area contributed by atoms with Crippen LogP contribution in [0.1, 0.15) is 61.5 Å². The highest BCUT2D eigenvalue weighted by Gasteiger charge is 2.12. The molecule has 0 aromatic heterocycles. The van der Waals surface area contributed by atoms with Crippen LogP contribution in [0.4, 0.5) is 5.69 Å². The highest BCUT2D eigenvalue weighted by Crippen LogP contribution is 2.22. The molecule has 0 saturated heterocycles. The van der Waals surface area contributed by atoms with Crippen LogP contribution in [0.25, 0.3) is 0 Å². The fourth-order valence-electron chi connectivity index (χ4n) is 4.19. The number of hydrogen-bond donors (Lipinski definition) is 4. The average molecular weight is 593 g/mol. The fraction of sp³-hybridized carbons (Fsp3) is 0.412. The van der Waals surface area contributed by atoms with E-state index in [0.29, 0.717) is 30.9 Å². The van der Waals surface area contributed by atoms with Crippen LogP contribution in [0.5, 0.6) is 11.5 Å². The van der Waals surface area contributed by atoms with Gasteiger partial charge in [0.1, 0.15) is 24.1 Å². The molecule has 0 heterocycles. The molecule has 3 aromatic rings. The molecule has 43 heavy (non-hydrogen) atoms. The maximum Gasteiger partial charge on any atom is 0.320 e. The highest BCUT2D eigenvalue weighted by atomic mass is 16.5. The quantitative estimate of drug-likeness (QED) is 0.145. The highest BCUT2D eigenvalue weighted by molar-refractivity contribution is 5.98. The van der Waals surface area contributed by atoms with Gasteiger partial charge in [0.25, 0.3) is 5.91 Å². The second kappa shape index (κ2) is 19.9. The van der Waals surface area contributed by atoms with Crippen LogP contribution in [0, 0.1) is 0 Å². The molecular formula is C34H48N4O5. The fourth-order valence-corrected chi connectivity index (χ4v) is 4.19. The van der Waals surface area contributed by atoms with E-state index in [2.05, 4.69) is 31.0 Å². The summed E-state index contributed by atoms with van der Waals surface area (Å²) >= 11 is 0. The normalized spacial score (nSPS) is 11.3. The van der Waals surface area contributed by atoms with Gasteiger partial charge in [-0.05, 0) is 73.8 Å². The second-order valence-corrected chi connectivity index (χ2v) is 10.1. The molecule has 6 N–H and O–H groups in total. The molecule has 0 bridgehead atoms. The van der Waals surface area contributed by atoms with E-state index in [9.17, 15) is 9.59 Å². The Morgan fingerprint density at radius 3 is 2.16 bits per heavy atom. The van der Waals surface area contributed by atoms with Crippen molar-refractivity contribution >= 4 is 17.6 Å². The SMILES string of the molecule is CCCCNc1ccc(OCCCN(CC)CC)cc1C(N)=O.N[C@H](Cc1ccc(OCc2ccccc2)cc1)C(=O)O. The summed E-state index contributed by atoms with van der Waals surface area (Å²) in [4.78, 5) is 24.7. The summed E-state index contributed by atoms with van der Waals surface area (Å²) in [6.45, 7) is 11.6. The Morgan fingerprint density at radius 2 is 1.56 bits per heavy atom. The number of carbonyl (C=O) groups excluding carboxylic acids is 1. The average Bonchev–Trinajstić information content (AvgIpc) is 3.02. The number of aliphatic carboxylic acids is 1. The number of nitrogens with one attached hydrogen (secondary N) is 1. The molecule has 0 spiro atoms. The number of anilines is 1. The number of carboxylic acids is 1. The Kier molecular flexibility index (Phi) is 16.3. The number of rotatable bonds is 18. The molecule has 0 unspecified atom stereocenters. The molecular weight excluding hydrogens is 544 g/mol. The zero-order valence-electron chi connectivity index (χ0n) is 25.8. The van der Waals surface area contributed by atoms with Crippen LogP contribution in [0.3, 0.4) is 0 Å².